The highest BCUT2D eigenvalue weighted by molar-refractivity contribution is 5.97. The number of benzene rings is 1. The molecule has 1 aromatic rings. The molecule has 0 spiro atoms. The second-order valence-corrected chi connectivity index (χ2v) is 6.03. The van der Waals surface area contributed by atoms with E-state index in [2.05, 4.69) is 41.8 Å². The minimum Gasteiger partial charge on any atom is -0.367 e. The molecule has 0 fully saturated rings. The molecule has 2 heteroatoms. The van der Waals surface area contributed by atoms with Gasteiger partial charge >= 0.3 is 0 Å². The van der Waals surface area contributed by atoms with Gasteiger partial charge in [-0.05, 0) is 37.7 Å². The Labute approximate surface area is 127 Å². The van der Waals surface area contributed by atoms with E-state index in [4.69, 9.17) is 0 Å². The van der Waals surface area contributed by atoms with Crippen LogP contribution >= 0.6 is 0 Å². The summed E-state index contributed by atoms with van der Waals surface area (Å²) in [4.78, 5) is 14.7. The normalized spacial score (nSPS) is 22.2. The van der Waals surface area contributed by atoms with E-state index >= 15 is 0 Å². The highest BCUT2D eigenvalue weighted by Crippen LogP contribution is 2.37. The summed E-state index contributed by atoms with van der Waals surface area (Å²) in [5.41, 5.74) is 3.74. The third kappa shape index (κ3) is 2.94. The average molecular weight is 281 g/mol. The van der Waals surface area contributed by atoms with Crippen molar-refractivity contribution in [1.82, 2.24) is 4.90 Å². The second-order valence-electron chi connectivity index (χ2n) is 6.03. The first-order chi connectivity index (χ1) is 10.3. The molecule has 21 heavy (non-hydrogen) atoms. The van der Waals surface area contributed by atoms with Gasteiger partial charge in [-0.2, -0.15) is 0 Å². The van der Waals surface area contributed by atoms with Gasteiger partial charge in [0, 0.05) is 30.3 Å². The topological polar surface area (TPSA) is 20.3 Å². The van der Waals surface area contributed by atoms with Gasteiger partial charge in [0.2, 0.25) is 0 Å². The van der Waals surface area contributed by atoms with Crippen LogP contribution in [0.4, 0.5) is 0 Å². The molecule has 1 aliphatic carbocycles. The van der Waals surface area contributed by atoms with E-state index in [1.165, 1.54) is 11.3 Å². The van der Waals surface area contributed by atoms with E-state index in [0.29, 0.717) is 11.8 Å². The van der Waals surface area contributed by atoms with E-state index in [1.54, 1.807) is 0 Å². The second kappa shape index (κ2) is 6.30. The molecule has 2 aliphatic rings. The number of carbonyl (C=O) groups excluding carboxylic acids is 1. The summed E-state index contributed by atoms with van der Waals surface area (Å²) in [5.74, 6) is 0.381. The Kier molecular flexibility index (Phi) is 4.23. The number of rotatable bonds is 4. The molecule has 0 aromatic heterocycles. The van der Waals surface area contributed by atoms with Crippen LogP contribution in [-0.4, -0.2) is 16.7 Å². The van der Waals surface area contributed by atoms with Crippen LogP contribution < -0.4 is 0 Å². The minimum atomic E-state index is 0.381. The summed E-state index contributed by atoms with van der Waals surface area (Å²) < 4.78 is 0. The van der Waals surface area contributed by atoms with Gasteiger partial charge in [-0.15, -0.1) is 6.58 Å². The lowest BCUT2D eigenvalue weighted by Crippen LogP contribution is -2.40. The smallest absolute Gasteiger partial charge is 0.160 e. The molecular weight excluding hydrogens is 258 g/mol. The van der Waals surface area contributed by atoms with Crippen LogP contribution in [0.15, 0.2) is 54.3 Å². The molecule has 3 rings (SSSR count). The molecular formula is C19H23NO. The van der Waals surface area contributed by atoms with Gasteiger partial charge in [0.05, 0.1) is 0 Å². The molecule has 1 atom stereocenters. The fourth-order valence-electron chi connectivity index (χ4n) is 3.61. The lowest BCUT2D eigenvalue weighted by Gasteiger charge is -2.42. The lowest BCUT2D eigenvalue weighted by molar-refractivity contribution is -0.116. The van der Waals surface area contributed by atoms with E-state index in [1.807, 2.05) is 6.08 Å². The molecule has 1 heterocycles. The van der Waals surface area contributed by atoms with Crippen LogP contribution in [-0.2, 0) is 11.3 Å². The summed E-state index contributed by atoms with van der Waals surface area (Å²) >= 11 is 0. The number of hydrogen-bond acceptors (Lipinski definition) is 2. The van der Waals surface area contributed by atoms with Crippen molar-refractivity contribution in [2.24, 2.45) is 0 Å². The molecule has 0 bridgehead atoms. The van der Waals surface area contributed by atoms with Crippen LogP contribution in [0.2, 0.25) is 0 Å². The zero-order valence-corrected chi connectivity index (χ0v) is 12.6. The monoisotopic (exact) mass is 281 g/mol. The van der Waals surface area contributed by atoms with Gasteiger partial charge in [-0.1, -0.05) is 36.4 Å². The highest BCUT2D eigenvalue weighted by Gasteiger charge is 2.32. The first kappa shape index (κ1) is 14.1. The minimum absolute atomic E-state index is 0.381. The van der Waals surface area contributed by atoms with Gasteiger partial charge in [-0.25, -0.2) is 0 Å². The molecule has 1 aliphatic heterocycles. The number of nitrogens with zero attached hydrogens (tertiary/aromatic N) is 1. The largest absolute Gasteiger partial charge is 0.367 e. The molecule has 0 N–H and O–H groups in total. The Morgan fingerprint density at radius 1 is 1.19 bits per heavy atom. The van der Waals surface area contributed by atoms with Crippen molar-refractivity contribution >= 4 is 5.78 Å². The summed E-state index contributed by atoms with van der Waals surface area (Å²) in [6, 6.07) is 11.1. The van der Waals surface area contributed by atoms with Crippen molar-refractivity contribution in [2.45, 2.75) is 51.1 Å². The molecule has 110 valence electrons. The SMILES string of the molecule is C=CCC1CCC2=C(CCCC2=O)N1Cc1ccccc1. The zero-order chi connectivity index (χ0) is 14.7. The summed E-state index contributed by atoms with van der Waals surface area (Å²) in [5, 5.41) is 0. The number of ketones is 1. The number of Topliss-reactive ketones (excluding diaryl/α,β-unsaturated/α-hetero) is 1. The summed E-state index contributed by atoms with van der Waals surface area (Å²) in [7, 11) is 0. The maximum absolute atomic E-state index is 12.2. The van der Waals surface area contributed by atoms with Crippen LogP contribution in [0, 0.1) is 0 Å². The molecule has 0 saturated carbocycles. The quantitative estimate of drug-likeness (QED) is 0.770. The van der Waals surface area contributed by atoms with Crippen LogP contribution in [0.5, 0.6) is 0 Å². The van der Waals surface area contributed by atoms with E-state index < -0.39 is 0 Å². The number of hydrogen-bond donors (Lipinski definition) is 0. The van der Waals surface area contributed by atoms with Crippen molar-refractivity contribution in [2.75, 3.05) is 0 Å². The third-order valence-corrected chi connectivity index (χ3v) is 4.65. The van der Waals surface area contributed by atoms with Crippen molar-refractivity contribution < 1.29 is 4.79 Å². The Balaban J connectivity index is 1.91. The molecule has 1 unspecified atom stereocenters. The molecule has 1 aromatic carbocycles. The van der Waals surface area contributed by atoms with Gasteiger partial charge in [0.25, 0.3) is 0 Å². The average Bonchev–Trinajstić information content (AvgIpc) is 2.51. The first-order valence-electron chi connectivity index (χ1n) is 7.96. The number of carbonyl (C=O) groups is 1. The molecule has 0 amide bonds. The first-order valence-corrected chi connectivity index (χ1v) is 7.96. The van der Waals surface area contributed by atoms with Gasteiger partial charge < -0.3 is 4.90 Å². The molecule has 2 nitrogen and oxygen atoms in total. The summed E-state index contributed by atoms with van der Waals surface area (Å²) in [6.07, 6.45) is 7.84. The van der Waals surface area contributed by atoms with Crippen LogP contribution in [0.1, 0.15) is 44.1 Å². The zero-order valence-electron chi connectivity index (χ0n) is 12.6. The van der Waals surface area contributed by atoms with Crippen LogP contribution in [0.25, 0.3) is 0 Å². The Morgan fingerprint density at radius 2 is 2.00 bits per heavy atom. The maximum atomic E-state index is 12.2. The lowest BCUT2D eigenvalue weighted by atomic mass is 9.84. The van der Waals surface area contributed by atoms with Crippen molar-refractivity contribution in [3.05, 3.63) is 59.8 Å². The van der Waals surface area contributed by atoms with E-state index in [9.17, 15) is 4.79 Å². The van der Waals surface area contributed by atoms with Gasteiger partial charge in [-0.3, -0.25) is 4.79 Å². The standard InChI is InChI=1S/C19H23NO/c1-2-7-16-12-13-17-18(10-6-11-19(17)21)20(16)14-15-8-4-3-5-9-15/h2-5,8-9,16H,1,6-7,10-14H2. The van der Waals surface area contributed by atoms with E-state index in [-0.39, 0.29) is 0 Å². The fraction of sp³-hybridized carbons (Fsp3) is 0.421. The maximum Gasteiger partial charge on any atom is 0.160 e. The highest BCUT2D eigenvalue weighted by atomic mass is 16.1. The van der Waals surface area contributed by atoms with E-state index in [0.717, 1.165) is 50.6 Å². The summed E-state index contributed by atoms with van der Waals surface area (Å²) in [6.45, 7) is 4.81. The van der Waals surface area contributed by atoms with Gasteiger partial charge in [0.1, 0.15) is 0 Å². The number of allylic oxidation sites excluding steroid dienone is 2. The third-order valence-electron chi connectivity index (χ3n) is 4.65. The Bertz CT molecular complexity index is 558. The molecule has 0 radical (unpaired) electrons. The van der Waals surface area contributed by atoms with Crippen molar-refractivity contribution in [3.8, 4) is 0 Å². The van der Waals surface area contributed by atoms with Crippen molar-refractivity contribution in [1.29, 1.82) is 0 Å². The predicted octanol–water partition coefficient (Wildman–Crippen LogP) is 4.23. The molecule has 0 saturated heterocycles. The Hall–Kier alpha value is -1.83. The predicted molar refractivity (Wildman–Crippen MR) is 85.7 cm³/mol. The fourth-order valence-corrected chi connectivity index (χ4v) is 3.61. The van der Waals surface area contributed by atoms with Crippen molar-refractivity contribution in [3.63, 3.8) is 0 Å². The van der Waals surface area contributed by atoms with Crippen LogP contribution in [0.3, 0.4) is 0 Å². The van der Waals surface area contributed by atoms with Gasteiger partial charge in [0.15, 0.2) is 5.78 Å². The Morgan fingerprint density at radius 3 is 2.76 bits per heavy atom.